The molecule has 0 bridgehead atoms. The van der Waals surface area contributed by atoms with E-state index in [1.54, 1.807) is 25.6 Å². The van der Waals surface area contributed by atoms with E-state index in [1.165, 1.54) is 25.7 Å². The van der Waals surface area contributed by atoms with E-state index in [9.17, 15) is 0 Å². The molecule has 5 heteroatoms. The van der Waals surface area contributed by atoms with Gasteiger partial charge in [0.05, 0.1) is 14.2 Å². The maximum atomic E-state index is 5.33. The Morgan fingerprint density at radius 1 is 0.962 bits per heavy atom. The summed E-state index contributed by atoms with van der Waals surface area (Å²) < 4.78 is 10.7. The zero-order chi connectivity index (χ0) is 18.8. The molecule has 1 aromatic heterocycles. The third kappa shape index (κ3) is 6.06. The first-order valence-electron chi connectivity index (χ1n) is 9.32. The van der Waals surface area contributed by atoms with Crippen molar-refractivity contribution in [3.05, 3.63) is 34.8 Å². The van der Waals surface area contributed by atoms with Gasteiger partial charge in [-0.1, -0.05) is 44.1 Å². The van der Waals surface area contributed by atoms with Gasteiger partial charge in [-0.2, -0.15) is 0 Å². The molecule has 2 rings (SSSR count). The van der Waals surface area contributed by atoms with Gasteiger partial charge in [-0.25, -0.2) is 4.98 Å². The van der Waals surface area contributed by atoms with Crippen LogP contribution in [0.3, 0.4) is 0 Å². The molecule has 0 amide bonds. The summed E-state index contributed by atoms with van der Waals surface area (Å²) in [5.74, 6) is 1.58. The summed E-state index contributed by atoms with van der Waals surface area (Å²) in [6.07, 6.45) is 11.0. The second kappa shape index (κ2) is 10.9. The van der Waals surface area contributed by atoms with Crippen LogP contribution in [0.5, 0.6) is 11.5 Å². The van der Waals surface area contributed by atoms with Crippen molar-refractivity contribution in [2.24, 2.45) is 0 Å². The number of benzene rings is 1. The van der Waals surface area contributed by atoms with Gasteiger partial charge in [-0.05, 0) is 36.6 Å². The average molecular weight is 375 g/mol. The highest BCUT2D eigenvalue weighted by Gasteiger charge is 2.09. The molecule has 0 saturated carbocycles. The van der Waals surface area contributed by atoms with E-state index >= 15 is 0 Å². The number of nitrogens with zero attached hydrogens (tertiary/aromatic N) is 2. The Bertz CT molecular complexity index is 667. The molecule has 142 valence electrons. The Hall–Kier alpha value is -2.01. The van der Waals surface area contributed by atoms with Gasteiger partial charge in [-0.3, -0.25) is 0 Å². The highest BCUT2D eigenvalue weighted by atomic mass is 32.1. The molecule has 4 nitrogen and oxygen atoms in total. The van der Waals surface area contributed by atoms with Crippen LogP contribution in [0, 0.1) is 0 Å². The fraction of sp³-hybridized carbons (Fsp3) is 0.476. The summed E-state index contributed by atoms with van der Waals surface area (Å²) in [6, 6.07) is 5.87. The molecule has 0 spiro atoms. The molecule has 0 N–H and O–H groups in total. The van der Waals surface area contributed by atoms with E-state index in [1.807, 2.05) is 24.4 Å². The van der Waals surface area contributed by atoms with Crippen LogP contribution in [0.1, 0.15) is 50.0 Å². The number of ether oxygens (including phenoxy) is 2. The third-order valence-electron chi connectivity index (χ3n) is 4.16. The highest BCUT2D eigenvalue weighted by molar-refractivity contribution is 7.16. The summed E-state index contributed by atoms with van der Waals surface area (Å²) in [5.41, 5.74) is 1.05. The summed E-state index contributed by atoms with van der Waals surface area (Å²) >= 11 is 1.75. The van der Waals surface area contributed by atoms with Crippen LogP contribution in [0.25, 0.3) is 12.2 Å². The molecule has 0 aliphatic rings. The lowest BCUT2D eigenvalue weighted by Crippen LogP contribution is -2.25. The van der Waals surface area contributed by atoms with Crippen molar-refractivity contribution in [2.45, 2.75) is 39.5 Å². The van der Waals surface area contributed by atoms with Gasteiger partial charge in [-0.15, -0.1) is 0 Å². The van der Waals surface area contributed by atoms with Crippen LogP contribution in [0.15, 0.2) is 24.4 Å². The van der Waals surface area contributed by atoms with E-state index in [0.29, 0.717) is 0 Å². The topological polar surface area (TPSA) is 34.6 Å². The molecule has 0 unspecified atom stereocenters. The Morgan fingerprint density at radius 3 is 2.12 bits per heavy atom. The van der Waals surface area contributed by atoms with Gasteiger partial charge in [0.2, 0.25) is 0 Å². The van der Waals surface area contributed by atoms with Gasteiger partial charge < -0.3 is 14.4 Å². The lowest BCUT2D eigenvalue weighted by molar-refractivity contribution is 0.394. The van der Waals surface area contributed by atoms with E-state index in [0.717, 1.165) is 40.2 Å². The number of aromatic nitrogens is 1. The largest absolute Gasteiger partial charge is 0.497 e. The molecule has 26 heavy (non-hydrogen) atoms. The van der Waals surface area contributed by atoms with Crippen LogP contribution in [-0.4, -0.2) is 32.3 Å². The van der Waals surface area contributed by atoms with Crippen molar-refractivity contribution < 1.29 is 9.47 Å². The third-order valence-corrected chi connectivity index (χ3v) is 5.18. The minimum atomic E-state index is 0.791. The normalized spacial score (nSPS) is 11.1. The molecule has 2 aromatic rings. The molecule has 0 saturated heterocycles. The summed E-state index contributed by atoms with van der Waals surface area (Å²) in [6.45, 7) is 6.63. The Morgan fingerprint density at radius 2 is 1.58 bits per heavy atom. The molecule has 0 radical (unpaired) electrons. The number of rotatable bonds is 11. The van der Waals surface area contributed by atoms with Gasteiger partial charge in [0.25, 0.3) is 0 Å². The highest BCUT2D eigenvalue weighted by Crippen LogP contribution is 2.27. The molecule has 1 heterocycles. The lowest BCUT2D eigenvalue weighted by Gasteiger charge is -2.21. The molecule has 0 aliphatic carbocycles. The summed E-state index contributed by atoms with van der Waals surface area (Å²) in [5, 5.41) is 1.12. The SMILES string of the molecule is CCCCN(CCCC)c1ncc(/C=C/c2cc(OC)cc(OC)c2)s1. The van der Waals surface area contributed by atoms with E-state index in [4.69, 9.17) is 9.47 Å². The smallest absolute Gasteiger partial charge is 0.185 e. The van der Waals surface area contributed by atoms with E-state index in [-0.39, 0.29) is 0 Å². The first-order chi connectivity index (χ1) is 12.7. The molecule has 0 fully saturated rings. The molecule has 1 aromatic carbocycles. The molecular formula is C21H30N2O2S. The van der Waals surface area contributed by atoms with Crippen LogP contribution in [-0.2, 0) is 0 Å². The number of thiazole rings is 1. The zero-order valence-corrected chi connectivity index (χ0v) is 17.1. The molecule has 0 atom stereocenters. The number of anilines is 1. The molecule has 0 aliphatic heterocycles. The van der Waals surface area contributed by atoms with Gasteiger partial charge >= 0.3 is 0 Å². The quantitative estimate of drug-likeness (QED) is 0.502. The van der Waals surface area contributed by atoms with Crippen molar-refractivity contribution >= 4 is 28.6 Å². The average Bonchev–Trinajstić information content (AvgIpc) is 3.15. The number of methoxy groups -OCH3 is 2. The van der Waals surface area contributed by atoms with E-state index in [2.05, 4.69) is 35.9 Å². The Balaban J connectivity index is 2.11. The number of hydrogen-bond acceptors (Lipinski definition) is 5. The Kier molecular flexibility index (Phi) is 8.48. The monoisotopic (exact) mass is 374 g/mol. The number of unbranched alkanes of at least 4 members (excludes halogenated alkanes) is 2. The predicted octanol–water partition coefficient (Wildman–Crippen LogP) is 5.74. The summed E-state index contributed by atoms with van der Waals surface area (Å²) in [4.78, 5) is 8.22. The van der Waals surface area contributed by atoms with Gasteiger partial charge in [0.1, 0.15) is 11.5 Å². The fourth-order valence-corrected chi connectivity index (χ4v) is 3.47. The zero-order valence-electron chi connectivity index (χ0n) is 16.3. The van der Waals surface area contributed by atoms with Gasteiger partial charge in [0, 0.05) is 30.2 Å². The van der Waals surface area contributed by atoms with Crippen molar-refractivity contribution in [3.63, 3.8) is 0 Å². The first kappa shape index (κ1) is 20.3. The fourth-order valence-electron chi connectivity index (χ4n) is 2.61. The standard InChI is InChI=1S/C21H30N2O2S/c1-5-7-11-23(12-8-6-2)21-22-16-20(26-21)10-9-17-13-18(24-3)15-19(14-17)25-4/h9-10,13-16H,5-8,11-12H2,1-4H3/b10-9+. The number of hydrogen-bond donors (Lipinski definition) is 0. The van der Waals surface area contributed by atoms with Crippen molar-refractivity contribution in [2.75, 3.05) is 32.2 Å². The van der Waals surface area contributed by atoms with Crippen molar-refractivity contribution in [3.8, 4) is 11.5 Å². The van der Waals surface area contributed by atoms with Crippen LogP contribution in [0.4, 0.5) is 5.13 Å². The second-order valence-electron chi connectivity index (χ2n) is 6.22. The molecular weight excluding hydrogens is 344 g/mol. The summed E-state index contributed by atoms with van der Waals surface area (Å²) in [7, 11) is 3.33. The van der Waals surface area contributed by atoms with Crippen LogP contribution < -0.4 is 14.4 Å². The van der Waals surface area contributed by atoms with Crippen LogP contribution >= 0.6 is 11.3 Å². The second-order valence-corrected chi connectivity index (χ2v) is 7.26. The Labute approximate surface area is 161 Å². The van der Waals surface area contributed by atoms with Crippen molar-refractivity contribution in [1.29, 1.82) is 0 Å². The maximum absolute atomic E-state index is 5.33. The minimum absolute atomic E-state index is 0.791. The van der Waals surface area contributed by atoms with Crippen molar-refractivity contribution in [1.82, 2.24) is 4.98 Å². The predicted molar refractivity (Wildman–Crippen MR) is 113 cm³/mol. The van der Waals surface area contributed by atoms with Crippen LogP contribution in [0.2, 0.25) is 0 Å². The maximum Gasteiger partial charge on any atom is 0.185 e. The first-order valence-corrected chi connectivity index (χ1v) is 10.1. The van der Waals surface area contributed by atoms with Gasteiger partial charge in [0.15, 0.2) is 5.13 Å². The minimum Gasteiger partial charge on any atom is -0.497 e. The van der Waals surface area contributed by atoms with E-state index < -0.39 is 0 Å². The lowest BCUT2D eigenvalue weighted by atomic mass is 10.2.